The van der Waals surface area contributed by atoms with Crippen LogP contribution in [0.15, 0.2) is 36.4 Å². The molecule has 0 spiro atoms. The highest BCUT2D eigenvalue weighted by Gasteiger charge is 2.19. The van der Waals surface area contributed by atoms with E-state index in [2.05, 4.69) is 26.1 Å². The molecule has 0 bridgehead atoms. The summed E-state index contributed by atoms with van der Waals surface area (Å²) in [6, 6.07) is 12.0. The van der Waals surface area contributed by atoms with E-state index in [0.717, 1.165) is 48.4 Å². The van der Waals surface area contributed by atoms with Crippen LogP contribution in [0.3, 0.4) is 0 Å². The summed E-state index contributed by atoms with van der Waals surface area (Å²) >= 11 is 6.25. The van der Waals surface area contributed by atoms with E-state index in [4.69, 9.17) is 11.6 Å². The van der Waals surface area contributed by atoms with Crippen LogP contribution in [0.5, 0.6) is 0 Å². The molecule has 1 aliphatic rings. The van der Waals surface area contributed by atoms with Gasteiger partial charge in [0.1, 0.15) is 0 Å². The van der Waals surface area contributed by atoms with Crippen molar-refractivity contribution in [2.75, 3.05) is 36.0 Å². The van der Waals surface area contributed by atoms with Gasteiger partial charge in [-0.05, 0) is 31.2 Å². The van der Waals surface area contributed by atoms with E-state index in [-0.39, 0.29) is 0 Å². The lowest BCUT2D eigenvalue weighted by molar-refractivity contribution is 0.643. The van der Waals surface area contributed by atoms with E-state index in [0.29, 0.717) is 0 Å². The molecule has 3 rings (SSSR count). The first-order valence-electron chi connectivity index (χ1n) is 6.79. The number of aryl methyl sites for hydroxylation is 1. The molecule has 0 amide bonds. The van der Waals surface area contributed by atoms with Gasteiger partial charge in [-0.25, -0.2) is 0 Å². The van der Waals surface area contributed by atoms with Crippen LogP contribution in [0.2, 0.25) is 5.02 Å². The molecule has 0 saturated carbocycles. The normalized spacial score (nSPS) is 15.5. The van der Waals surface area contributed by atoms with Gasteiger partial charge in [0.15, 0.2) is 5.82 Å². The molecular weight excluding hydrogens is 272 g/mol. The van der Waals surface area contributed by atoms with Gasteiger partial charge in [-0.1, -0.05) is 23.7 Å². The Morgan fingerprint density at radius 3 is 2.25 bits per heavy atom. The van der Waals surface area contributed by atoms with Crippen molar-refractivity contribution < 1.29 is 0 Å². The molecule has 1 fully saturated rings. The fraction of sp³-hybridized carbons (Fsp3) is 0.333. The minimum absolute atomic E-state index is 0.816. The third kappa shape index (κ3) is 2.70. The van der Waals surface area contributed by atoms with Crippen LogP contribution in [0.1, 0.15) is 5.69 Å². The molecule has 1 aromatic heterocycles. The second kappa shape index (κ2) is 5.67. The van der Waals surface area contributed by atoms with Gasteiger partial charge in [-0.15, -0.1) is 5.10 Å². The molecule has 1 saturated heterocycles. The predicted molar refractivity (Wildman–Crippen MR) is 82.6 cm³/mol. The van der Waals surface area contributed by atoms with Crippen molar-refractivity contribution in [3.05, 3.63) is 47.1 Å². The molecule has 2 aromatic rings. The molecule has 104 valence electrons. The van der Waals surface area contributed by atoms with Crippen LogP contribution in [0.25, 0.3) is 0 Å². The zero-order chi connectivity index (χ0) is 13.9. The van der Waals surface area contributed by atoms with Crippen molar-refractivity contribution in [1.29, 1.82) is 0 Å². The number of nitrogens with zero attached hydrogens (tertiary/aromatic N) is 4. The minimum Gasteiger partial charge on any atom is -0.367 e. The Balaban J connectivity index is 1.68. The maximum absolute atomic E-state index is 6.25. The largest absolute Gasteiger partial charge is 0.367 e. The summed E-state index contributed by atoms with van der Waals surface area (Å²) < 4.78 is 0. The van der Waals surface area contributed by atoms with E-state index in [1.54, 1.807) is 0 Å². The Morgan fingerprint density at radius 1 is 0.900 bits per heavy atom. The van der Waals surface area contributed by atoms with Crippen LogP contribution >= 0.6 is 11.6 Å². The fourth-order valence-electron chi connectivity index (χ4n) is 2.45. The summed E-state index contributed by atoms with van der Waals surface area (Å²) in [7, 11) is 0. The molecule has 0 N–H and O–H groups in total. The fourth-order valence-corrected chi connectivity index (χ4v) is 2.70. The summed E-state index contributed by atoms with van der Waals surface area (Å²) in [6.45, 7) is 5.70. The Morgan fingerprint density at radius 2 is 1.60 bits per heavy atom. The van der Waals surface area contributed by atoms with Crippen molar-refractivity contribution in [3.8, 4) is 0 Å². The number of hydrogen-bond donors (Lipinski definition) is 0. The van der Waals surface area contributed by atoms with Crippen molar-refractivity contribution in [2.45, 2.75) is 6.92 Å². The van der Waals surface area contributed by atoms with Gasteiger partial charge in [0, 0.05) is 26.2 Å². The van der Waals surface area contributed by atoms with Gasteiger partial charge in [-0.2, -0.15) is 5.10 Å². The molecule has 1 aliphatic heterocycles. The molecule has 0 atom stereocenters. The third-order valence-electron chi connectivity index (χ3n) is 3.58. The summed E-state index contributed by atoms with van der Waals surface area (Å²) in [4.78, 5) is 4.58. The molecular formula is C15H17ClN4. The van der Waals surface area contributed by atoms with Gasteiger partial charge in [-0.3, -0.25) is 0 Å². The Bertz CT molecular complexity index is 577. The highest BCUT2D eigenvalue weighted by Crippen LogP contribution is 2.26. The van der Waals surface area contributed by atoms with Gasteiger partial charge >= 0.3 is 0 Å². The number of aromatic nitrogens is 2. The average Bonchev–Trinajstić information content (AvgIpc) is 2.49. The first-order chi connectivity index (χ1) is 9.74. The highest BCUT2D eigenvalue weighted by atomic mass is 35.5. The number of halogens is 1. The first-order valence-corrected chi connectivity index (χ1v) is 7.16. The van der Waals surface area contributed by atoms with Crippen LogP contribution in [-0.4, -0.2) is 36.4 Å². The Labute approximate surface area is 124 Å². The molecule has 4 nitrogen and oxygen atoms in total. The van der Waals surface area contributed by atoms with E-state index < -0.39 is 0 Å². The number of para-hydroxylation sites is 1. The molecule has 2 heterocycles. The SMILES string of the molecule is Cc1ccc(N2CCN(c3ccccc3Cl)CC2)nn1. The Hall–Kier alpha value is -1.81. The predicted octanol–water partition coefficient (Wildman–Crippen LogP) is 2.77. The van der Waals surface area contributed by atoms with E-state index >= 15 is 0 Å². The molecule has 20 heavy (non-hydrogen) atoms. The molecule has 1 aromatic carbocycles. The number of piperazine rings is 1. The molecule has 5 heteroatoms. The highest BCUT2D eigenvalue weighted by molar-refractivity contribution is 6.33. The number of rotatable bonds is 2. The zero-order valence-corrected chi connectivity index (χ0v) is 12.2. The van der Waals surface area contributed by atoms with Crippen LogP contribution in [0, 0.1) is 6.92 Å². The average molecular weight is 289 g/mol. The quantitative estimate of drug-likeness (QED) is 0.851. The van der Waals surface area contributed by atoms with E-state index in [1.807, 2.05) is 37.3 Å². The van der Waals surface area contributed by atoms with Gasteiger partial charge in [0.25, 0.3) is 0 Å². The smallest absolute Gasteiger partial charge is 0.151 e. The van der Waals surface area contributed by atoms with Crippen molar-refractivity contribution >= 4 is 23.1 Å². The lowest BCUT2D eigenvalue weighted by Crippen LogP contribution is -2.47. The lowest BCUT2D eigenvalue weighted by atomic mass is 10.2. The van der Waals surface area contributed by atoms with Crippen molar-refractivity contribution in [3.63, 3.8) is 0 Å². The second-order valence-electron chi connectivity index (χ2n) is 4.96. The standard InChI is InChI=1S/C15H17ClN4/c1-12-6-7-15(18-17-12)20-10-8-19(9-11-20)14-5-3-2-4-13(14)16/h2-7H,8-11H2,1H3. The van der Waals surface area contributed by atoms with Crippen molar-refractivity contribution in [1.82, 2.24) is 10.2 Å². The number of hydrogen-bond acceptors (Lipinski definition) is 4. The monoisotopic (exact) mass is 288 g/mol. The van der Waals surface area contributed by atoms with Gasteiger partial charge < -0.3 is 9.80 Å². The summed E-state index contributed by atoms with van der Waals surface area (Å²) in [5.41, 5.74) is 2.06. The van der Waals surface area contributed by atoms with E-state index in [9.17, 15) is 0 Å². The van der Waals surface area contributed by atoms with Crippen molar-refractivity contribution in [2.24, 2.45) is 0 Å². The second-order valence-corrected chi connectivity index (χ2v) is 5.37. The molecule has 0 aliphatic carbocycles. The van der Waals surface area contributed by atoms with Crippen LogP contribution in [-0.2, 0) is 0 Å². The maximum Gasteiger partial charge on any atom is 0.151 e. The Kier molecular flexibility index (Phi) is 3.74. The zero-order valence-electron chi connectivity index (χ0n) is 11.5. The summed E-state index contributed by atoms with van der Waals surface area (Å²) in [5.74, 6) is 0.953. The summed E-state index contributed by atoms with van der Waals surface area (Å²) in [6.07, 6.45) is 0. The van der Waals surface area contributed by atoms with E-state index in [1.165, 1.54) is 0 Å². The maximum atomic E-state index is 6.25. The van der Waals surface area contributed by atoms with Gasteiger partial charge in [0.2, 0.25) is 0 Å². The summed E-state index contributed by atoms with van der Waals surface area (Å²) in [5, 5.41) is 9.18. The topological polar surface area (TPSA) is 32.3 Å². The van der Waals surface area contributed by atoms with Gasteiger partial charge in [0.05, 0.1) is 16.4 Å². The lowest BCUT2D eigenvalue weighted by Gasteiger charge is -2.36. The third-order valence-corrected chi connectivity index (χ3v) is 3.90. The number of anilines is 2. The molecule has 0 unspecified atom stereocenters. The van der Waals surface area contributed by atoms with Crippen LogP contribution in [0.4, 0.5) is 11.5 Å². The molecule has 0 radical (unpaired) electrons. The van der Waals surface area contributed by atoms with Crippen LogP contribution < -0.4 is 9.80 Å². The number of benzene rings is 1. The minimum atomic E-state index is 0.816. The first kappa shape index (κ1) is 13.2.